The zero-order valence-electron chi connectivity index (χ0n) is 7.08. The highest BCUT2D eigenvalue weighted by Gasteiger charge is 2.16. The van der Waals surface area contributed by atoms with Gasteiger partial charge in [-0.15, -0.1) is 0 Å². The summed E-state index contributed by atoms with van der Waals surface area (Å²) < 4.78 is 0. The Kier molecular flexibility index (Phi) is 1.82. The van der Waals surface area contributed by atoms with Crippen molar-refractivity contribution in [3.8, 4) is 0 Å². The lowest BCUT2D eigenvalue weighted by Gasteiger charge is -1.97. The molecule has 1 aliphatic rings. The number of benzene rings is 1. The minimum atomic E-state index is 1.01. The minimum Gasteiger partial charge on any atom is -0.399 e. The van der Waals surface area contributed by atoms with Gasteiger partial charge in [0.05, 0.1) is 5.71 Å². The van der Waals surface area contributed by atoms with Gasteiger partial charge in [-0.05, 0) is 18.4 Å². The average molecular weight is 161 g/mol. The lowest BCUT2D eigenvalue weighted by atomic mass is 10.1. The highest BCUT2D eigenvalue weighted by molar-refractivity contribution is 6.04. The third kappa shape index (κ3) is 1.09. The molecule has 1 aromatic rings. The van der Waals surface area contributed by atoms with Crippen molar-refractivity contribution < 1.29 is 4.84 Å². The second-order valence-electron chi connectivity index (χ2n) is 2.88. The van der Waals surface area contributed by atoms with Gasteiger partial charge in [-0.2, -0.15) is 0 Å². The monoisotopic (exact) mass is 161 g/mol. The van der Waals surface area contributed by atoms with Crippen molar-refractivity contribution in [2.75, 3.05) is 7.11 Å². The summed E-state index contributed by atoms with van der Waals surface area (Å²) in [5, 5.41) is 3.98. The normalized spacial score (nSPS) is 17.9. The molecule has 0 unspecified atom stereocenters. The first kappa shape index (κ1) is 7.35. The standard InChI is InChI=1S/C10H11NO/c1-12-11-10-7-6-8-4-2-3-5-9(8)10/h2-5H,6-7H2,1H3/b11-10-. The fourth-order valence-corrected chi connectivity index (χ4v) is 1.61. The first-order chi connectivity index (χ1) is 5.92. The summed E-state index contributed by atoms with van der Waals surface area (Å²) in [6.07, 6.45) is 2.10. The van der Waals surface area contributed by atoms with Crippen LogP contribution in [0.1, 0.15) is 17.5 Å². The fraction of sp³-hybridized carbons (Fsp3) is 0.300. The third-order valence-electron chi connectivity index (χ3n) is 2.16. The van der Waals surface area contributed by atoms with E-state index in [-0.39, 0.29) is 0 Å². The summed E-state index contributed by atoms with van der Waals surface area (Å²) in [6, 6.07) is 8.34. The highest BCUT2D eigenvalue weighted by Crippen LogP contribution is 2.21. The lowest BCUT2D eigenvalue weighted by molar-refractivity contribution is 0.213. The van der Waals surface area contributed by atoms with Gasteiger partial charge in [0.15, 0.2) is 0 Å². The van der Waals surface area contributed by atoms with Gasteiger partial charge < -0.3 is 4.84 Å². The third-order valence-corrected chi connectivity index (χ3v) is 2.16. The van der Waals surface area contributed by atoms with Gasteiger partial charge in [0.25, 0.3) is 0 Å². The van der Waals surface area contributed by atoms with Crippen LogP contribution in [0.5, 0.6) is 0 Å². The van der Waals surface area contributed by atoms with E-state index in [1.54, 1.807) is 7.11 Å². The number of rotatable bonds is 1. The minimum absolute atomic E-state index is 1.01. The van der Waals surface area contributed by atoms with E-state index in [4.69, 9.17) is 4.84 Å². The van der Waals surface area contributed by atoms with Crippen LogP contribution in [-0.4, -0.2) is 12.8 Å². The Labute approximate surface area is 71.8 Å². The van der Waals surface area contributed by atoms with E-state index in [2.05, 4.69) is 23.4 Å². The predicted octanol–water partition coefficient (Wildman–Crippen LogP) is 1.98. The van der Waals surface area contributed by atoms with Crippen molar-refractivity contribution in [3.63, 3.8) is 0 Å². The molecule has 0 N–H and O–H groups in total. The summed E-state index contributed by atoms with van der Waals surface area (Å²) in [4.78, 5) is 4.77. The number of fused-ring (bicyclic) bond motifs is 1. The average Bonchev–Trinajstić information content (AvgIpc) is 2.50. The number of nitrogens with zero attached hydrogens (tertiary/aromatic N) is 1. The summed E-state index contributed by atoms with van der Waals surface area (Å²) >= 11 is 0. The van der Waals surface area contributed by atoms with Crippen molar-refractivity contribution in [3.05, 3.63) is 35.4 Å². The van der Waals surface area contributed by atoms with Crippen LogP contribution in [0.3, 0.4) is 0 Å². The molecule has 2 heteroatoms. The van der Waals surface area contributed by atoms with Crippen molar-refractivity contribution in [2.24, 2.45) is 5.16 Å². The maximum absolute atomic E-state index is 4.77. The van der Waals surface area contributed by atoms with E-state index >= 15 is 0 Å². The molecule has 1 aromatic carbocycles. The number of oxime groups is 1. The Morgan fingerprint density at radius 3 is 2.92 bits per heavy atom. The molecule has 0 bridgehead atoms. The Bertz CT molecular complexity index is 317. The molecule has 0 radical (unpaired) electrons. The maximum Gasteiger partial charge on any atom is 0.106 e. The zero-order valence-corrected chi connectivity index (χ0v) is 7.08. The molecule has 0 amide bonds. The molecule has 0 spiro atoms. The van der Waals surface area contributed by atoms with Crippen LogP contribution >= 0.6 is 0 Å². The van der Waals surface area contributed by atoms with Gasteiger partial charge in [0.1, 0.15) is 7.11 Å². The van der Waals surface area contributed by atoms with Crippen molar-refractivity contribution in [1.82, 2.24) is 0 Å². The Morgan fingerprint density at radius 2 is 2.08 bits per heavy atom. The number of hydrogen-bond acceptors (Lipinski definition) is 2. The van der Waals surface area contributed by atoms with Gasteiger partial charge in [0.2, 0.25) is 0 Å². The van der Waals surface area contributed by atoms with Gasteiger partial charge >= 0.3 is 0 Å². The highest BCUT2D eigenvalue weighted by atomic mass is 16.6. The van der Waals surface area contributed by atoms with Gasteiger partial charge in [-0.25, -0.2) is 0 Å². The second-order valence-corrected chi connectivity index (χ2v) is 2.88. The van der Waals surface area contributed by atoms with E-state index in [1.807, 2.05) is 6.07 Å². The lowest BCUT2D eigenvalue weighted by Crippen LogP contribution is -1.94. The van der Waals surface area contributed by atoms with E-state index in [0.717, 1.165) is 18.6 Å². The van der Waals surface area contributed by atoms with E-state index in [1.165, 1.54) is 11.1 Å². The molecule has 0 aliphatic heterocycles. The van der Waals surface area contributed by atoms with Crippen molar-refractivity contribution >= 4 is 5.71 Å². The van der Waals surface area contributed by atoms with Crippen LogP contribution in [0.2, 0.25) is 0 Å². The van der Waals surface area contributed by atoms with Gasteiger partial charge in [-0.1, -0.05) is 29.4 Å². The van der Waals surface area contributed by atoms with Crippen LogP contribution < -0.4 is 0 Å². The molecule has 0 aromatic heterocycles. The van der Waals surface area contributed by atoms with Crippen LogP contribution in [0.15, 0.2) is 29.4 Å². The molecule has 2 rings (SSSR count). The Morgan fingerprint density at radius 1 is 1.25 bits per heavy atom. The first-order valence-corrected chi connectivity index (χ1v) is 4.10. The van der Waals surface area contributed by atoms with Gasteiger partial charge in [-0.3, -0.25) is 0 Å². The number of hydrogen-bond donors (Lipinski definition) is 0. The van der Waals surface area contributed by atoms with Crippen molar-refractivity contribution in [2.45, 2.75) is 12.8 Å². The summed E-state index contributed by atoms with van der Waals surface area (Å²) in [5.41, 5.74) is 3.71. The molecule has 0 fully saturated rings. The zero-order chi connectivity index (χ0) is 8.39. The molecular formula is C10H11NO. The van der Waals surface area contributed by atoms with E-state index < -0.39 is 0 Å². The van der Waals surface area contributed by atoms with Crippen molar-refractivity contribution in [1.29, 1.82) is 0 Å². The molecule has 0 saturated heterocycles. The molecule has 2 nitrogen and oxygen atoms in total. The van der Waals surface area contributed by atoms with E-state index in [0.29, 0.717) is 0 Å². The van der Waals surface area contributed by atoms with Crippen LogP contribution in [0.25, 0.3) is 0 Å². The quantitative estimate of drug-likeness (QED) is 0.577. The van der Waals surface area contributed by atoms with Gasteiger partial charge in [0, 0.05) is 5.56 Å². The van der Waals surface area contributed by atoms with Crippen LogP contribution in [-0.2, 0) is 11.3 Å². The van der Waals surface area contributed by atoms with Crippen LogP contribution in [0.4, 0.5) is 0 Å². The molecule has 0 heterocycles. The first-order valence-electron chi connectivity index (χ1n) is 4.10. The van der Waals surface area contributed by atoms with E-state index in [9.17, 15) is 0 Å². The fourth-order valence-electron chi connectivity index (χ4n) is 1.61. The smallest absolute Gasteiger partial charge is 0.106 e. The Balaban J connectivity index is 2.43. The molecule has 12 heavy (non-hydrogen) atoms. The molecule has 0 saturated carbocycles. The predicted molar refractivity (Wildman–Crippen MR) is 48.3 cm³/mol. The second kappa shape index (κ2) is 2.97. The Hall–Kier alpha value is -1.31. The topological polar surface area (TPSA) is 21.6 Å². The summed E-state index contributed by atoms with van der Waals surface area (Å²) in [6.45, 7) is 0. The molecule has 0 atom stereocenters. The SMILES string of the molecule is CO/N=C1/CCc2ccccc21. The molecule has 62 valence electrons. The van der Waals surface area contributed by atoms with Crippen LogP contribution in [0, 0.1) is 0 Å². The molecule has 1 aliphatic carbocycles. The number of aryl methyl sites for hydroxylation is 1. The largest absolute Gasteiger partial charge is 0.399 e. The maximum atomic E-state index is 4.77. The molecular weight excluding hydrogens is 150 g/mol. The summed E-state index contributed by atoms with van der Waals surface area (Å²) in [7, 11) is 1.59. The summed E-state index contributed by atoms with van der Waals surface area (Å²) in [5.74, 6) is 0.